The number of hydrogen-bond acceptors (Lipinski definition) is 6. The van der Waals surface area contributed by atoms with Crippen LogP contribution in [0.3, 0.4) is 0 Å². The SMILES string of the molecule is CCCCC(C)ONC(CC)(NOC(C)(C)CC)[C](CC)NOC(C)C(C)C. The van der Waals surface area contributed by atoms with Gasteiger partial charge in [-0.3, -0.25) is 14.5 Å². The molecule has 169 valence electrons. The van der Waals surface area contributed by atoms with Crippen LogP contribution in [0.5, 0.6) is 0 Å². The van der Waals surface area contributed by atoms with Crippen molar-refractivity contribution in [1.82, 2.24) is 16.4 Å². The molecule has 0 aliphatic carbocycles. The summed E-state index contributed by atoms with van der Waals surface area (Å²) in [4.78, 5) is 18.0. The molecule has 6 nitrogen and oxygen atoms in total. The van der Waals surface area contributed by atoms with Gasteiger partial charge in [-0.15, -0.1) is 0 Å². The van der Waals surface area contributed by atoms with Gasteiger partial charge in [-0.25, -0.2) is 0 Å². The molecule has 3 atom stereocenters. The molecule has 0 bridgehead atoms. The van der Waals surface area contributed by atoms with E-state index >= 15 is 0 Å². The van der Waals surface area contributed by atoms with Gasteiger partial charge in [0.25, 0.3) is 0 Å². The van der Waals surface area contributed by atoms with E-state index in [4.69, 9.17) is 14.5 Å². The first kappa shape index (κ1) is 27.8. The maximum Gasteiger partial charge on any atom is 0.137 e. The average molecular weight is 403 g/mol. The van der Waals surface area contributed by atoms with Gasteiger partial charge in [-0.2, -0.15) is 16.4 Å². The monoisotopic (exact) mass is 402 g/mol. The van der Waals surface area contributed by atoms with E-state index in [0.29, 0.717) is 5.92 Å². The predicted molar refractivity (Wildman–Crippen MR) is 117 cm³/mol. The highest BCUT2D eigenvalue weighted by Crippen LogP contribution is 2.25. The Bertz CT molecular complexity index is 393. The van der Waals surface area contributed by atoms with Crippen LogP contribution in [-0.4, -0.2) is 23.5 Å². The molecule has 0 rings (SSSR count). The Morgan fingerprint density at radius 1 is 0.893 bits per heavy atom. The number of unbranched alkanes of at least 4 members (excludes halogenated alkanes) is 1. The molecule has 0 heterocycles. The summed E-state index contributed by atoms with van der Waals surface area (Å²) in [7, 11) is 0. The van der Waals surface area contributed by atoms with Crippen LogP contribution in [0, 0.1) is 12.0 Å². The van der Waals surface area contributed by atoms with Crippen molar-refractivity contribution in [3.63, 3.8) is 0 Å². The summed E-state index contributed by atoms with van der Waals surface area (Å²) < 4.78 is 0. The molecule has 0 fully saturated rings. The number of rotatable bonds is 17. The lowest BCUT2D eigenvalue weighted by Gasteiger charge is -2.42. The first-order chi connectivity index (χ1) is 13.1. The zero-order valence-electron chi connectivity index (χ0n) is 20.2. The third-order valence-corrected chi connectivity index (χ3v) is 5.46. The van der Waals surface area contributed by atoms with Gasteiger partial charge >= 0.3 is 0 Å². The van der Waals surface area contributed by atoms with Crippen molar-refractivity contribution in [2.75, 3.05) is 0 Å². The minimum absolute atomic E-state index is 0.0912. The van der Waals surface area contributed by atoms with E-state index < -0.39 is 5.66 Å². The fourth-order valence-electron chi connectivity index (χ4n) is 2.31. The molecule has 3 unspecified atom stereocenters. The molecule has 0 saturated carbocycles. The van der Waals surface area contributed by atoms with Gasteiger partial charge in [0.15, 0.2) is 0 Å². The predicted octanol–water partition coefficient (Wildman–Crippen LogP) is 5.41. The summed E-state index contributed by atoms with van der Waals surface area (Å²) in [5.74, 6) is 0.420. The normalized spacial score (nSPS) is 17.1. The van der Waals surface area contributed by atoms with Crippen LogP contribution in [0.1, 0.15) is 108 Å². The highest BCUT2D eigenvalue weighted by molar-refractivity contribution is 5.05. The van der Waals surface area contributed by atoms with Crippen molar-refractivity contribution in [2.45, 2.75) is 131 Å². The molecule has 0 aromatic carbocycles. The smallest absolute Gasteiger partial charge is 0.137 e. The van der Waals surface area contributed by atoms with E-state index in [9.17, 15) is 0 Å². The molecular formula is C22H48N3O3. The third-order valence-electron chi connectivity index (χ3n) is 5.46. The highest BCUT2D eigenvalue weighted by Gasteiger charge is 2.40. The number of hydrogen-bond donors (Lipinski definition) is 3. The van der Waals surface area contributed by atoms with Crippen molar-refractivity contribution < 1.29 is 14.5 Å². The molecule has 28 heavy (non-hydrogen) atoms. The first-order valence-electron chi connectivity index (χ1n) is 11.2. The fraction of sp³-hybridized carbons (Fsp3) is 0.955. The van der Waals surface area contributed by atoms with Crippen LogP contribution in [0.15, 0.2) is 0 Å². The van der Waals surface area contributed by atoms with E-state index in [1.165, 1.54) is 0 Å². The topological polar surface area (TPSA) is 63.8 Å². The van der Waals surface area contributed by atoms with Crippen molar-refractivity contribution in [1.29, 1.82) is 0 Å². The molecule has 3 N–H and O–H groups in total. The Labute approximate surface area is 174 Å². The van der Waals surface area contributed by atoms with Crippen molar-refractivity contribution in [3.05, 3.63) is 6.04 Å². The van der Waals surface area contributed by atoms with Gasteiger partial charge in [0.2, 0.25) is 0 Å². The maximum absolute atomic E-state index is 6.08. The van der Waals surface area contributed by atoms with Gasteiger partial charge in [0, 0.05) is 0 Å². The fourth-order valence-corrected chi connectivity index (χ4v) is 2.31. The minimum atomic E-state index is -0.696. The van der Waals surface area contributed by atoms with Crippen LogP contribution >= 0.6 is 0 Å². The Morgan fingerprint density at radius 3 is 2.00 bits per heavy atom. The van der Waals surface area contributed by atoms with Crippen LogP contribution in [0.4, 0.5) is 0 Å². The van der Waals surface area contributed by atoms with Crippen LogP contribution in [0.2, 0.25) is 0 Å². The molecule has 0 aromatic heterocycles. The molecule has 0 aliphatic rings. The third kappa shape index (κ3) is 9.99. The van der Waals surface area contributed by atoms with Gasteiger partial charge in [-0.05, 0) is 59.3 Å². The number of nitrogens with one attached hydrogen (secondary N) is 3. The Morgan fingerprint density at radius 2 is 1.54 bits per heavy atom. The van der Waals surface area contributed by atoms with Crippen LogP contribution < -0.4 is 16.4 Å². The number of hydroxylamine groups is 3. The first-order valence-corrected chi connectivity index (χ1v) is 11.2. The molecular weight excluding hydrogens is 354 g/mol. The molecule has 0 aromatic rings. The minimum Gasteiger partial charge on any atom is -0.298 e. The zero-order chi connectivity index (χ0) is 21.8. The molecule has 0 amide bonds. The Kier molecular flexibility index (Phi) is 13.8. The lowest BCUT2D eigenvalue weighted by Crippen LogP contribution is -2.65. The van der Waals surface area contributed by atoms with Crippen LogP contribution in [-0.2, 0) is 14.5 Å². The summed E-state index contributed by atoms with van der Waals surface area (Å²) >= 11 is 0. The lowest BCUT2D eigenvalue weighted by molar-refractivity contribution is -0.184. The van der Waals surface area contributed by atoms with Crippen LogP contribution in [0.25, 0.3) is 0 Å². The summed E-state index contributed by atoms with van der Waals surface area (Å²) in [6, 6.07) is 0.956. The van der Waals surface area contributed by atoms with Gasteiger partial charge < -0.3 is 0 Å². The second-order valence-electron chi connectivity index (χ2n) is 8.75. The highest BCUT2D eigenvalue weighted by atomic mass is 16.7. The van der Waals surface area contributed by atoms with E-state index in [1.54, 1.807) is 0 Å². The van der Waals surface area contributed by atoms with Gasteiger partial charge in [-0.1, -0.05) is 54.4 Å². The van der Waals surface area contributed by atoms with Crippen molar-refractivity contribution >= 4 is 0 Å². The maximum atomic E-state index is 6.08. The summed E-state index contributed by atoms with van der Waals surface area (Å²) in [6.45, 7) is 21.1. The standard InChI is InChI=1S/C22H48N3O3/c1-11-15-16-18(7)26-24-22(14-4,25-28-21(9,10)13-3)20(12-2)23-27-19(8)17(5)6/h17-19,23-25H,11-16H2,1-10H3. The summed E-state index contributed by atoms with van der Waals surface area (Å²) in [5.41, 5.74) is 8.76. The molecule has 0 saturated heterocycles. The average Bonchev–Trinajstić information content (AvgIpc) is 2.67. The van der Waals surface area contributed by atoms with Crippen molar-refractivity contribution in [2.24, 2.45) is 5.92 Å². The van der Waals surface area contributed by atoms with E-state index in [-0.39, 0.29) is 17.8 Å². The van der Waals surface area contributed by atoms with E-state index in [2.05, 4.69) is 85.7 Å². The Hall–Kier alpha value is -0.240. The van der Waals surface area contributed by atoms with Crippen molar-refractivity contribution in [3.8, 4) is 0 Å². The van der Waals surface area contributed by atoms with E-state index in [1.807, 2.05) is 0 Å². The second-order valence-corrected chi connectivity index (χ2v) is 8.75. The lowest BCUT2D eigenvalue weighted by atomic mass is 9.97. The van der Waals surface area contributed by atoms with Gasteiger partial charge in [0.1, 0.15) is 11.7 Å². The second kappa shape index (κ2) is 13.9. The summed E-state index contributed by atoms with van der Waals surface area (Å²) in [6.07, 6.45) is 5.90. The quantitative estimate of drug-likeness (QED) is 0.223. The Balaban J connectivity index is 5.32. The largest absolute Gasteiger partial charge is 0.298 e. The zero-order valence-corrected chi connectivity index (χ0v) is 20.2. The molecule has 0 aliphatic heterocycles. The molecule has 0 spiro atoms. The van der Waals surface area contributed by atoms with Gasteiger partial charge in [0.05, 0.1) is 17.8 Å². The summed E-state index contributed by atoms with van der Waals surface area (Å²) in [5, 5.41) is 0. The van der Waals surface area contributed by atoms with E-state index in [0.717, 1.165) is 44.6 Å². The molecule has 6 heteroatoms. The molecule has 1 radical (unpaired) electrons.